The maximum Gasteiger partial charge on any atom is 0.251 e. The van der Waals surface area contributed by atoms with Crippen LogP contribution in [0.2, 0.25) is 0 Å². The molecule has 3 aliphatic heterocycles. The van der Waals surface area contributed by atoms with E-state index in [1.165, 1.54) is 24.6 Å². The summed E-state index contributed by atoms with van der Waals surface area (Å²) >= 11 is 1.47. The van der Waals surface area contributed by atoms with Crippen molar-refractivity contribution in [2.75, 3.05) is 19.6 Å². The van der Waals surface area contributed by atoms with Crippen LogP contribution in [-0.2, 0) is 0 Å². The lowest BCUT2D eigenvalue weighted by Crippen LogP contribution is -2.57. The highest BCUT2D eigenvalue weighted by Gasteiger charge is 2.34. The highest BCUT2D eigenvalue weighted by molar-refractivity contribution is 7.99. The molecule has 2 aromatic carbocycles. The molecule has 1 unspecified atom stereocenters. The number of amides is 2. The standard InChI is InChI=1S/C21H23N3O2S/c22-20(25)17-3-1-2-4-19(17)27-16-7-5-15(6-8-16)21(26)23-18-13-24-11-9-14(18)10-12-24/h1-8,14,18H,9-13H2,(H2,22,25)(H,23,26). The third-order valence-electron chi connectivity index (χ3n) is 5.47. The number of fused-ring (bicyclic) bond motifs is 3. The van der Waals surface area contributed by atoms with Crippen molar-refractivity contribution >= 4 is 23.6 Å². The number of benzene rings is 2. The molecule has 3 heterocycles. The van der Waals surface area contributed by atoms with Crippen molar-refractivity contribution < 1.29 is 9.59 Å². The molecule has 1 atom stereocenters. The van der Waals surface area contributed by atoms with Crippen LogP contribution in [0.3, 0.4) is 0 Å². The Morgan fingerprint density at radius 3 is 2.37 bits per heavy atom. The molecule has 3 fully saturated rings. The van der Waals surface area contributed by atoms with Gasteiger partial charge in [-0.05, 0) is 68.2 Å². The minimum atomic E-state index is -0.438. The molecule has 3 aliphatic rings. The number of piperidine rings is 3. The van der Waals surface area contributed by atoms with E-state index in [4.69, 9.17) is 5.73 Å². The molecule has 3 N–H and O–H groups in total. The fourth-order valence-electron chi connectivity index (χ4n) is 3.94. The largest absolute Gasteiger partial charge is 0.366 e. The zero-order valence-corrected chi connectivity index (χ0v) is 15.9. The van der Waals surface area contributed by atoms with E-state index in [1.807, 2.05) is 36.4 Å². The normalized spacial score (nSPS) is 23.8. The highest BCUT2D eigenvalue weighted by atomic mass is 32.2. The summed E-state index contributed by atoms with van der Waals surface area (Å²) in [6.45, 7) is 3.29. The number of hydrogen-bond donors (Lipinski definition) is 2. The second-order valence-corrected chi connectivity index (χ2v) is 8.32. The number of nitrogens with two attached hydrogens (primary N) is 1. The van der Waals surface area contributed by atoms with Gasteiger partial charge in [0.1, 0.15) is 0 Å². The van der Waals surface area contributed by atoms with Gasteiger partial charge in [0.15, 0.2) is 0 Å². The van der Waals surface area contributed by atoms with E-state index in [-0.39, 0.29) is 11.9 Å². The van der Waals surface area contributed by atoms with Gasteiger partial charge in [-0.25, -0.2) is 0 Å². The zero-order chi connectivity index (χ0) is 18.8. The molecule has 0 aromatic heterocycles. The third kappa shape index (κ3) is 4.01. The van der Waals surface area contributed by atoms with Crippen LogP contribution >= 0.6 is 11.8 Å². The second kappa shape index (κ2) is 7.74. The van der Waals surface area contributed by atoms with E-state index in [0.29, 0.717) is 17.0 Å². The number of carbonyl (C=O) groups is 2. The van der Waals surface area contributed by atoms with Crippen molar-refractivity contribution in [3.8, 4) is 0 Å². The Kier molecular flexibility index (Phi) is 5.18. The first kappa shape index (κ1) is 18.1. The van der Waals surface area contributed by atoms with Gasteiger partial charge in [-0.1, -0.05) is 23.9 Å². The Bertz CT molecular complexity index is 845. The predicted molar refractivity (Wildman–Crippen MR) is 106 cm³/mol. The molecule has 0 spiro atoms. The first-order chi connectivity index (χ1) is 13.1. The van der Waals surface area contributed by atoms with Crippen molar-refractivity contribution in [3.05, 3.63) is 59.7 Å². The fourth-order valence-corrected chi connectivity index (χ4v) is 4.89. The van der Waals surface area contributed by atoms with Gasteiger partial charge in [-0.15, -0.1) is 0 Å². The van der Waals surface area contributed by atoms with Crippen LogP contribution in [-0.4, -0.2) is 42.4 Å². The van der Waals surface area contributed by atoms with Crippen molar-refractivity contribution in [3.63, 3.8) is 0 Å². The Balaban J connectivity index is 1.42. The SMILES string of the molecule is NC(=O)c1ccccc1Sc1ccc(C(=O)NC2CN3CCC2CC3)cc1. The topological polar surface area (TPSA) is 75.4 Å². The minimum Gasteiger partial charge on any atom is -0.366 e. The van der Waals surface area contributed by atoms with Crippen molar-refractivity contribution in [1.82, 2.24) is 10.2 Å². The Morgan fingerprint density at radius 1 is 1.04 bits per heavy atom. The molecule has 2 amide bonds. The monoisotopic (exact) mass is 381 g/mol. The lowest BCUT2D eigenvalue weighted by molar-refractivity contribution is 0.0620. The van der Waals surface area contributed by atoms with Gasteiger partial charge in [0, 0.05) is 27.9 Å². The number of nitrogens with one attached hydrogen (secondary N) is 1. The van der Waals surface area contributed by atoms with Gasteiger partial charge < -0.3 is 16.0 Å². The average Bonchev–Trinajstić information content (AvgIpc) is 2.70. The van der Waals surface area contributed by atoms with Crippen LogP contribution < -0.4 is 11.1 Å². The van der Waals surface area contributed by atoms with Crippen LogP contribution in [0.15, 0.2) is 58.3 Å². The Hall–Kier alpha value is -2.31. The maximum atomic E-state index is 12.6. The smallest absolute Gasteiger partial charge is 0.251 e. The van der Waals surface area contributed by atoms with Gasteiger partial charge in [0.05, 0.1) is 5.56 Å². The molecule has 0 saturated carbocycles. The molecule has 5 rings (SSSR count). The zero-order valence-electron chi connectivity index (χ0n) is 15.1. The maximum absolute atomic E-state index is 12.6. The molecule has 2 aromatic rings. The summed E-state index contributed by atoms with van der Waals surface area (Å²) in [4.78, 5) is 28.4. The highest BCUT2D eigenvalue weighted by Crippen LogP contribution is 2.31. The lowest BCUT2D eigenvalue weighted by Gasteiger charge is -2.44. The van der Waals surface area contributed by atoms with E-state index >= 15 is 0 Å². The van der Waals surface area contributed by atoms with Crippen LogP contribution in [0.25, 0.3) is 0 Å². The van der Waals surface area contributed by atoms with Gasteiger partial charge in [0.25, 0.3) is 5.91 Å². The summed E-state index contributed by atoms with van der Waals surface area (Å²) in [6.07, 6.45) is 2.36. The van der Waals surface area contributed by atoms with E-state index in [0.717, 1.165) is 29.4 Å². The molecular formula is C21H23N3O2S. The van der Waals surface area contributed by atoms with Crippen molar-refractivity contribution in [2.24, 2.45) is 11.7 Å². The van der Waals surface area contributed by atoms with E-state index in [9.17, 15) is 9.59 Å². The Labute approximate surface area is 163 Å². The number of nitrogens with zero attached hydrogens (tertiary/aromatic N) is 1. The summed E-state index contributed by atoms with van der Waals surface area (Å²) in [7, 11) is 0. The quantitative estimate of drug-likeness (QED) is 0.835. The lowest BCUT2D eigenvalue weighted by atomic mass is 9.84. The van der Waals surface area contributed by atoms with Gasteiger partial charge in [-0.2, -0.15) is 0 Å². The van der Waals surface area contributed by atoms with Crippen LogP contribution in [0.4, 0.5) is 0 Å². The summed E-state index contributed by atoms with van der Waals surface area (Å²) in [5.41, 5.74) is 6.61. The molecule has 3 saturated heterocycles. The van der Waals surface area contributed by atoms with Gasteiger partial charge in [0.2, 0.25) is 5.91 Å². The van der Waals surface area contributed by atoms with Gasteiger partial charge in [-0.3, -0.25) is 9.59 Å². The molecule has 27 heavy (non-hydrogen) atoms. The van der Waals surface area contributed by atoms with Crippen LogP contribution in [0.5, 0.6) is 0 Å². The van der Waals surface area contributed by atoms with Crippen LogP contribution in [0, 0.1) is 5.92 Å². The fraction of sp³-hybridized carbons (Fsp3) is 0.333. The number of rotatable bonds is 5. The molecular weight excluding hydrogens is 358 g/mol. The molecule has 0 aliphatic carbocycles. The molecule has 6 heteroatoms. The first-order valence-electron chi connectivity index (χ1n) is 9.30. The average molecular weight is 382 g/mol. The summed E-state index contributed by atoms with van der Waals surface area (Å²) in [5.74, 6) is 0.161. The Morgan fingerprint density at radius 2 is 1.74 bits per heavy atom. The predicted octanol–water partition coefficient (Wildman–Crippen LogP) is 2.76. The third-order valence-corrected chi connectivity index (χ3v) is 6.55. The molecule has 0 radical (unpaired) electrons. The first-order valence-corrected chi connectivity index (χ1v) is 10.1. The number of hydrogen-bond acceptors (Lipinski definition) is 4. The summed E-state index contributed by atoms with van der Waals surface area (Å²) in [6, 6.07) is 15.0. The van der Waals surface area contributed by atoms with Crippen LogP contribution in [0.1, 0.15) is 33.6 Å². The summed E-state index contributed by atoms with van der Waals surface area (Å²) in [5, 5.41) is 3.21. The molecule has 2 bridgehead atoms. The van der Waals surface area contributed by atoms with E-state index < -0.39 is 5.91 Å². The number of primary amides is 1. The van der Waals surface area contributed by atoms with Gasteiger partial charge >= 0.3 is 0 Å². The minimum absolute atomic E-state index is 0.0113. The molecule has 140 valence electrons. The van der Waals surface area contributed by atoms with E-state index in [1.54, 1.807) is 12.1 Å². The van der Waals surface area contributed by atoms with E-state index in [2.05, 4.69) is 10.2 Å². The van der Waals surface area contributed by atoms with Crippen molar-refractivity contribution in [2.45, 2.75) is 28.7 Å². The number of carbonyl (C=O) groups excluding carboxylic acids is 2. The van der Waals surface area contributed by atoms with Crippen molar-refractivity contribution in [1.29, 1.82) is 0 Å². The summed E-state index contributed by atoms with van der Waals surface area (Å²) < 4.78 is 0. The second-order valence-electron chi connectivity index (χ2n) is 7.20. The molecule has 5 nitrogen and oxygen atoms in total.